The van der Waals surface area contributed by atoms with Gasteiger partial charge in [-0.3, -0.25) is 18.9 Å². The Kier molecular flexibility index (Phi) is 7.31. The van der Waals surface area contributed by atoms with Gasteiger partial charge in [0.2, 0.25) is 5.82 Å². The highest BCUT2D eigenvalue weighted by molar-refractivity contribution is 5.98. The molecular weight excluding hydrogens is 490 g/mol. The summed E-state index contributed by atoms with van der Waals surface area (Å²) in [5, 5.41) is 14.3. The number of rotatable bonds is 9. The number of tetrazole rings is 1. The maximum atomic E-state index is 13.9. The summed E-state index contributed by atoms with van der Waals surface area (Å²) in [6, 6.07) is 17.6. The lowest BCUT2D eigenvalue weighted by molar-refractivity contribution is 0.101. The minimum absolute atomic E-state index is 0.0598. The Morgan fingerprint density at radius 2 is 1.85 bits per heavy atom. The third-order valence-electron chi connectivity index (χ3n) is 6.85. The van der Waals surface area contributed by atoms with E-state index in [1.165, 1.54) is 0 Å². The van der Waals surface area contributed by atoms with Gasteiger partial charge in [-0.2, -0.15) is 5.21 Å². The third kappa shape index (κ3) is 5.07. The van der Waals surface area contributed by atoms with Gasteiger partial charge < -0.3 is 0 Å². The molecule has 198 valence electrons. The van der Waals surface area contributed by atoms with Crippen molar-refractivity contribution in [2.24, 2.45) is 0 Å². The van der Waals surface area contributed by atoms with E-state index in [4.69, 9.17) is 0 Å². The Morgan fingerprint density at radius 1 is 1.05 bits per heavy atom. The van der Waals surface area contributed by atoms with Crippen LogP contribution in [0.15, 0.2) is 71.8 Å². The zero-order valence-corrected chi connectivity index (χ0v) is 22.5. The number of hydrogen-bond acceptors (Lipinski definition) is 6. The standard InChI is InChI=1S/C30H31N7O2/c1-5-8-23-18-37(28-24(19(2)3)9-6-10-25(28)20(4)38)30(39)36(23)17-21-12-14-22(15-13-21)26-11-7-16-31-27(26)29-32-34-35-33-29/h6-7,9-16,18-19H,5,8,17H2,1-4H3,(H,32,33,34,35). The minimum Gasteiger partial charge on any atom is -0.294 e. The number of carbonyl (C=O) groups is 1. The fraction of sp³-hybridized carbons (Fsp3) is 0.267. The van der Waals surface area contributed by atoms with Crippen LogP contribution >= 0.6 is 0 Å². The number of carbonyl (C=O) groups excluding carboxylic acids is 1. The average molecular weight is 522 g/mol. The lowest BCUT2D eigenvalue weighted by Gasteiger charge is -2.16. The molecule has 0 saturated heterocycles. The van der Waals surface area contributed by atoms with Crippen molar-refractivity contribution in [3.05, 3.63) is 99.9 Å². The molecule has 0 amide bonds. The molecule has 0 fully saturated rings. The fourth-order valence-corrected chi connectivity index (χ4v) is 4.94. The molecule has 0 unspecified atom stereocenters. The van der Waals surface area contributed by atoms with Crippen molar-refractivity contribution in [1.82, 2.24) is 34.7 Å². The number of benzene rings is 2. The van der Waals surface area contributed by atoms with Gasteiger partial charge in [0.05, 0.1) is 12.2 Å². The second-order valence-corrected chi connectivity index (χ2v) is 9.90. The summed E-state index contributed by atoms with van der Waals surface area (Å²) in [5.41, 5.74) is 6.49. The van der Waals surface area contributed by atoms with Crippen LogP contribution in [0, 0.1) is 0 Å². The Labute approximate surface area is 226 Å². The quantitative estimate of drug-likeness (QED) is 0.267. The Bertz CT molecular complexity index is 1660. The van der Waals surface area contributed by atoms with Crippen LogP contribution < -0.4 is 5.69 Å². The lowest BCUT2D eigenvalue weighted by atomic mass is 9.96. The van der Waals surface area contributed by atoms with Crippen LogP contribution in [0.5, 0.6) is 0 Å². The van der Waals surface area contributed by atoms with Crippen LogP contribution in [-0.2, 0) is 13.0 Å². The smallest absolute Gasteiger partial charge is 0.294 e. The maximum Gasteiger partial charge on any atom is 0.333 e. The van der Waals surface area contributed by atoms with E-state index >= 15 is 0 Å². The SMILES string of the molecule is CCCc1cn(-c2c(C(C)=O)cccc2C(C)C)c(=O)n1Cc1ccc(-c2cccnc2-c2nn[nH]n2)cc1. The van der Waals surface area contributed by atoms with Gasteiger partial charge in [0.1, 0.15) is 5.69 Å². The number of nitrogens with zero attached hydrogens (tertiary/aromatic N) is 6. The summed E-state index contributed by atoms with van der Waals surface area (Å²) in [4.78, 5) is 30.9. The topological polar surface area (TPSA) is 111 Å². The number of H-pyrrole nitrogens is 1. The molecule has 0 aliphatic rings. The number of para-hydroxylation sites is 1. The van der Waals surface area contributed by atoms with E-state index in [-0.39, 0.29) is 17.4 Å². The molecule has 0 spiro atoms. The van der Waals surface area contributed by atoms with Gasteiger partial charge in [0.15, 0.2) is 5.78 Å². The van der Waals surface area contributed by atoms with Gasteiger partial charge in [-0.05, 0) is 53.3 Å². The van der Waals surface area contributed by atoms with Crippen molar-refractivity contribution in [3.8, 4) is 28.3 Å². The van der Waals surface area contributed by atoms with E-state index in [9.17, 15) is 9.59 Å². The molecule has 5 rings (SSSR count). The zero-order valence-electron chi connectivity index (χ0n) is 22.5. The Hall–Kier alpha value is -4.66. The second-order valence-electron chi connectivity index (χ2n) is 9.90. The second kappa shape index (κ2) is 11.0. The van der Waals surface area contributed by atoms with Gasteiger partial charge in [0.25, 0.3) is 0 Å². The van der Waals surface area contributed by atoms with Crippen LogP contribution in [0.25, 0.3) is 28.3 Å². The number of imidazole rings is 1. The number of aryl methyl sites for hydroxylation is 1. The molecule has 0 aliphatic carbocycles. The first-order valence-electron chi connectivity index (χ1n) is 13.1. The number of aromatic nitrogens is 7. The summed E-state index contributed by atoms with van der Waals surface area (Å²) in [6.45, 7) is 8.22. The normalized spacial score (nSPS) is 11.3. The third-order valence-corrected chi connectivity index (χ3v) is 6.85. The molecule has 3 heterocycles. The van der Waals surface area contributed by atoms with Crippen LogP contribution in [0.3, 0.4) is 0 Å². The van der Waals surface area contributed by atoms with E-state index in [2.05, 4.69) is 46.4 Å². The number of Topliss-reactive ketones (excluding diaryl/α,β-unsaturated/α-hetero) is 1. The fourth-order valence-electron chi connectivity index (χ4n) is 4.94. The number of aromatic amines is 1. The van der Waals surface area contributed by atoms with Crippen LogP contribution in [-0.4, -0.2) is 40.5 Å². The predicted molar refractivity (Wildman–Crippen MR) is 150 cm³/mol. The number of hydrogen-bond donors (Lipinski definition) is 1. The number of pyridine rings is 1. The van der Waals surface area contributed by atoms with Crippen LogP contribution in [0.4, 0.5) is 0 Å². The number of ketones is 1. The number of nitrogens with one attached hydrogen (secondary N) is 1. The van der Waals surface area contributed by atoms with Gasteiger partial charge in [-0.15, -0.1) is 10.2 Å². The highest BCUT2D eigenvalue weighted by Gasteiger charge is 2.21. The molecule has 0 atom stereocenters. The molecule has 0 saturated carbocycles. The van der Waals surface area contributed by atoms with Gasteiger partial charge in [-0.25, -0.2) is 4.79 Å². The van der Waals surface area contributed by atoms with Crippen LogP contribution in [0.2, 0.25) is 0 Å². The zero-order chi connectivity index (χ0) is 27.5. The predicted octanol–water partition coefficient (Wildman–Crippen LogP) is 5.21. The molecule has 3 aromatic heterocycles. The highest BCUT2D eigenvalue weighted by Crippen LogP contribution is 2.29. The van der Waals surface area contributed by atoms with Crippen LogP contribution in [0.1, 0.15) is 67.2 Å². The van der Waals surface area contributed by atoms with Crippen molar-refractivity contribution in [1.29, 1.82) is 0 Å². The molecule has 0 radical (unpaired) electrons. The van der Waals surface area contributed by atoms with Gasteiger partial charge in [0, 0.05) is 29.2 Å². The molecule has 0 bridgehead atoms. The summed E-state index contributed by atoms with van der Waals surface area (Å²) < 4.78 is 3.48. The molecule has 9 nitrogen and oxygen atoms in total. The summed E-state index contributed by atoms with van der Waals surface area (Å²) in [7, 11) is 0. The van der Waals surface area contributed by atoms with E-state index < -0.39 is 0 Å². The molecule has 1 N–H and O–H groups in total. The Morgan fingerprint density at radius 3 is 2.51 bits per heavy atom. The molecule has 0 aliphatic heterocycles. The van der Waals surface area contributed by atoms with Crippen molar-refractivity contribution >= 4 is 5.78 Å². The van der Waals surface area contributed by atoms with E-state index in [1.54, 1.807) is 23.8 Å². The minimum atomic E-state index is -0.148. The van der Waals surface area contributed by atoms with Crippen molar-refractivity contribution < 1.29 is 4.79 Å². The molecule has 39 heavy (non-hydrogen) atoms. The van der Waals surface area contributed by atoms with Crippen molar-refractivity contribution in [2.75, 3.05) is 0 Å². The van der Waals surface area contributed by atoms with Crippen molar-refractivity contribution in [2.45, 2.75) is 53.0 Å². The van der Waals surface area contributed by atoms with Gasteiger partial charge in [-0.1, -0.05) is 69.7 Å². The summed E-state index contributed by atoms with van der Waals surface area (Å²) in [6.07, 6.45) is 5.25. The van der Waals surface area contributed by atoms with E-state index in [1.807, 2.05) is 59.3 Å². The molecular formula is C30H31N7O2. The molecule has 5 aromatic rings. The first-order valence-corrected chi connectivity index (χ1v) is 13.1. The average Bonchev–Trinajstić information content (AvgIpc) is 3.58. The van der Waals surface area contributed by atoms with E-state index in [0.717, 1.165) is 40.8 Å². The first kappa shape index (κ1) is 26.0. The monoisotopic (exact) mass is 521 g/mol. The lowest BCUT2D eigenvalue weighted by Crippen LogP contribution is -2.26. The summed E-state index contributed by atoms with van der Waals surface area (Å²) in [5.74, 6) is 0.523. The van der Waals surface area contributed by atoms with E-state index in [0.29, 0.717) is 29.3 Å². The highest BCUT2D eigenvalue weighted by atomic mass is 16.2. The largest absolute Gasteiger partial charge is 0.333 e. The van der Waals surface area contributed by atoms with Crippen molar-refractivity contribution in [3.63, 3.8) is 0 Å². The molecule has 9 heteroatoms. The van der Waals surface area contributed by atoms with Gasteiger partial charge >= 0.3 is 5.69 Å². The Balaban J connectivity index is 1.53. The summed E-state index contributed by atoms with van der Waals surface area (Å²) >= 11 is 0. The molecule has 2 aromatic carbocycles. The first-order chi connectivity index (χ1) is 18.9. The maximum absolute atomic E-state index is 13.9.